The van der Waals surface area contributed by atoms with Gasteiger partial charge >= 0.3 is 0 Å². The molecule has 1 heterocycles. The Hall–Kier alpha value is -1.58. The highest BCUT2D eigenvalue weighted by molar-refractivity contribution is 5.97. The zero-order valence-electron chi connectivity index (χ0n) is 11.6. The number of hydrogen-bond donors (Lipinski definition) is 2. The number of nitrogens with one attached hydrogen (secondary N) is 1. The lowest BCUT2D eigenvalue weighted by atomic mass is 9.83. The SMILES string of the molecule is CCC(NC(=O)c1ncccc1N)C1CCCCC1. The van der Waals surface area contributed by atoms with Crippen LogP contribution in [0.4, 0.5) is 5.69 Å². The average molecular weight is 261 g/mol. The molecule has 0 aromatic carbocycles. The van der Waals surface area contributed by atoms with E-state index in [1.165, 1.54) is 32.1 Å². The summed E-state index contributed by atoms with van der Waals surface area (Å²) >= 11 is 0. The summed E-state index contributed by atoms with van der Waals surface area (Å²) in [4.78, 5) is 16.3. The molecule has 4 heteroatoms. The van der Waals surface area contributed by atoms with Gasteiger partial charge in [-0.05, 0) is 37.3 Å². The number of carbonyl (C=O) groups is 1. The van der Waals surface area contributed by atoms with Gasteiger partial charge in [-0.15, -0.1) is 0 Å². The van der Waals surface area contributed by atoms with Gasteiger partial charge in [0.25, 0.3) is 5.91 Å². The summed E-state index contributed by atoms with van der Waals surface area (Å²) in [6, 6.07) is 3.70. The smallest absolute Gasteiger partial charge is 0.272 e. The summed E-state index contributed by atoms with van der Waals surface area (Å²) in [5.41, 5.74) is 6.58. The van der Waals surface area contributed by atoms with Crippen LogP contribution in [0.15, 0.2) is 18.3 Å². The molecule has 0 bridgehead atoms. The first kappa shape index (κ1) is 13.8. The zero-order valence-corrected chi connectivity index (χ0v) is 11.6. The van der Waals surface area contributed by atoms with Gasteiger partial charge < -0.3 is 11.1 Å². The van der Waals surface area contributed by atoms with Gasteiger partial charge in [-0.1, -0.05) is 26.2 Å². The van der Waals surface area contributed by atoms with E-state index in [-0.39, 0.29) is 11.9 Å². The fourth-order valence-electron chi connectivity index (χ4n) is 2.93. The first-order valence-electron chi connectivity index (χ1n) is 7.23. The molecule has 1 saturated carbocycles. The highest BCUT2D eigenvalue weighted by Crippen LogP contribution is 2.27. The average Bonchev–Trinajstić information content (AvgIpc) is 2.46. The van der Waals surface area contributed by atoms with E-state index >= 15 is 0 Å². The molecule has 3 N–H and O–H groups in total. The first-order valence-corrected chi connectivity index (χ1v) is 7.23. The number of pyridine rings is 1. The lowest BCUT2D eigenvalue weighted by Gasteiger charge is -2.30. The van der Waals surface area contributed by atoms with Crippen LogP contribution in [0, 0.1) is 5.92 Å². The molecule has 1 aliphatic carbocycles. The second-order valence-corrected chi connectivity index (χ2v) is 5.33. The molecule has 19 heavy (non-hydrogen) atoms. The highest BCUT2D eigenvalue weighted by atomic mass is 16.2. The Kier molecular flexibility index (Phi) is 4.77. The Morgan fingerprint density at radius 2 is 2.21 bits per heavy atom. The van der Waals surface area contributed by atoms with Crippen molar-refractivity contribution < 1.29 is 4.79 Å². The molecule has 1 amide bonds. The molecule has 1 aromatic rings. The van der Waals surface area contributed by atoms with E-state index in [0.717, 1.165) is 6.42 Å². The van der Waals surface area contributed by atoms with Crippen molar-refractivity contribution in [2.75, 3.05) is 5.73 Å². The molecule has 1 atom stereocenters. The van der Waals surface area contributed by atoms with Crippen LogP contribution < -0.4 is 11.1 Å². The van der Waals surface area contributed by atoms with Crippen LogP contribution in [0.1, 0.15) is 55.9 Å². The second-order valence-electron chi connectivity index (χ2n) is 5.33. The third kappa shape index (κ3) is 3.46. The summed E-state index contributed by atoms with van der Waals surface area (Å²) in [7, 11) is 0. The number of aromatic nitrogens is 1. The van der Waals surface area contributed by atoms with Gasteiger partial charge in [0.2, 0.25) is 0 Å². The number of nitrogens with zero attached hydrogens (tertiary/aromatic N) is 1. The minimum atomic E-state index is -0.143. The lowest BCUT2D eigenvalue weighted by molar-refractivity contribution is 0.0907. The van der Waals surface area contributed by atoms with Crippen molar-refractivity contribution in [2.24, 2.45) is 5.92 Å². The molecule has 0 saturated heterocycles. The molecule has 0 aliphatic heterocycles. The molecule has 4 nitrogen and oxygen atoms in total. The van der Waals surface area contributed by atoms with Gasteiger partial charge in [-0.3, -0.25) is 4.79 Å². The van der Waals surface area contributed by atoms with E-state index < -0.39 is 0 Å². The monoisotopic (exact) mass is 261 g/mol. The third-order valence-electron chi connectivity index (χ3n) is 4.03. The first-order chi connectivity index (χ1) is 9.22. The Labute approximate surface area is 114 Å². The highest BCUT2D eigenvalue weighted by Gasteiger charge is 2.24. The van der Waals surface area contributed by atoms with Crippen LogP contribution in [0.2, 0.25) is 0 Å². The number of carbonyl (C=O) groups excluding carboxylic acids is 1. The van der Waals surface area contributed by atoms with Gasteiger partial charge in [0.15, 0.2) is 5.69 Å². The molecule has 1 aliphatic rings. The largest absolute Gasteiger partial charge is 0.397 e. The Morgan fingerprint density at radius 3 is 2.84 bits per heavy atom. The van der Waals surface area contributed by atoms with E-state index in [9.17, 15) is 4.79 Å². The van der Waals surface area contributed by atoms with Gasteiger partial charge in [0, 0.05) is 12.2 Å². The van der Waals surface area contributed by atoms with Gasteiger partial charge in [0.05, 0.1) is 5.69 Å². The number of nitrogen functional groups attached to an aromatic ring is 1. The summed E-state index contributed by atoms with van der Waals surface area (Å²) in [5, 5.41) is 3.11. The maximum atomic E-state index is 12.2. The van der Waals surface area contributed by atoms with Crippen LogP contribution in [-0.2, 0) is 0 Å². The van der Waals surface area contributed by atoms with E-state index in [1.54, 1.807) is 18.3 Å². The number of hydrogen-bond acceptors (Lipinski definition) is 3. The second kappa shape index (κ2) is 6.55. The zero-order chi connectivity index (χ0) is 13.7. The van der Waals surface area contributed by atoms with E-state index in [2.05, 4.69) is 17.2 Å². The van der Waals surface area contributed by atoms with Crippen molar-refractivity contribution in [3.8, 4) is 0 Å². The molecular weight excluding hydrogens is 238 g/mol. The summed E-state index contributed by atoms with van der Waals surface area (Å²) in [6.07, 6.45) is 8.89. The Morgan fingerprint density at radius 1 is 1.47 bits per heavy atom. The topological polar surface area (TPSA) is 68.0 Å². The van der Waals surface area contributed by atoms with E-state index in [1.807, 2.05) is 0 Å². The van der Waals surface area contributed by atoms with Gasteiger partial charge in [0.1, 0.15) is 0 Å². The fraction of sp³-hybridized carbons (Fsp3) is 0.600. The quantitative estimate of drug-likeness (QED) is 0.875. The number of anilines is 1. The number of nitrogens with two attached hydrogens (primary N) is 1. The maximum Gasteiger partial charge on any atom is 0.272 e. The Bertz CT molecular complexity index is 427. The summed E-state index contributed by atoms with van der Waals surface area (Å²) in [6.45, 7) is 2.13. The van der Waals surface area contributed by atoms with Crippen LogP contribution >= 0.6 is 0 Å². The lowest BCUT2D eigenvalue weighted by Crippen LogP contribution is -2.41. The van der Waals surface area contributed by atoms with Crippen molar-refractivity contribution >= 4 is 11.6 Å². The van der Waals surface area contributed by atoms with E-state index in [4.69, 9.17) is 5.73 Å². The predicted octanol–water partition coefficient (Wildman–Crippen LogP) is 2.75. The molecule has 2 rings (SSSR count). The third-order valence-corrected chi connectivity index (χ3v) is 4.03. The molecule has 0 radical (unpaired) electrons. The molecule has 1 unspecified atom stereocenters. The summed E-state index contributed by atoms with van der Waals surface area (Å²) in [5.74, 6) is 0.461. The van der Waals surface area contributed by atoms with Crippen molar-refractivity contribution in [3.05, 3.63) is 24.0 Å². The van der Waals surface area contributed by atoms with Crippen LogP contribution in [0.25, 0.3) is 0 Å². The van der Waals surface area contributed by atoms with Crippen LogP contribution in [0.5, 0.6) is 0 Å². The van der Waals surface area contributed by atoms with E-state index in [0.29, 0.717) is 17.3 Å². The Balaban J connectivity index is 2.01. The van der Waals surface area contributed by atoms with Crippen molar-refractivity contribution in [1.29, 1.82) is 0 Å². The molecule has 104 valence electrons. The minimum absolute atomic E-state index is 0.143. The standard InChI is InChI=1S/C15H23N3O/c1-2-13(11-7-4-3-5-8-11)18-15(19)14-12(16)9-6-10-17-14/h6,9-11,13H,2-5,7-8,16H2,1H3,(H,18,19). The summed E-state index contributed by atoms with van der Waals surface area (Å²) < 4.78 is 0. The predicted molar refractivity (Wildman–Crippen MR) is 76.8 cm³/mol. The fourth-order valence-corrected chi connectivity index (χ4v) is 2.93. The molecule has 1 fully saturated rings. The van der Waals surface area contributed by atoms with Gasteiger partial charge in [-0.25, -0.2) is 4.98 Å². The number of rotatable bonds is 4. The molecular formula is C15H23N3O. The normalized spacial score (nSPS) is 17.9. The minimum Gasteiger partial charge on any atom is -0.397 e. The van der Waals surface area contributed by atoms with Crippen LogP contribution in [-0.4, -0.2) is 16.9 Å². The van der Waals surface area contributed by atoms with Crippen LogP contribution in [0.3, 0.4) is 0 Å². The number of amides is 1. The molecule has 1 aromatic heterocycles. The van der Waals surface area contributed by atoms with Crippen molar-refractivity contribution in [1.82, 2.24) is 10.3 Å². The van der Waals surface area contributed by atoms with Crippen molar-refractivity contribution in [2.45, 2.75) is 51.5 Å². The molecule has 0 spiro atoms. The van der Waals surface area contributed by atoms with Crippen molar-refractivity contribution in [3.63, 3.8) is 0 Å². The van der Waals surface area contributed by atoms with Gasteiger partial charge in [-0.2, -0.15) is 0 Å². The maximum absolute atomic E-state index is 12.2.